The first-order chi connectivity index (χ1) is 2.77. The average Bonchev–Trinajstić information content (AvgIpc) is 1.35. The van der Waals surface area contributed by atoms with E-state index in [1.54, 1.807) is 0 Å². The molecule has 3 heteroatoms. The molecule has 0 rings (SSSR count). The summed E-state index contributed by atoms with van der Waals surface area (Å²) in [5.41, 5.74) is 0. The molecule has 0 aromatic heterocycles. The van der Waals surface area contributed by atoms with Crippen LogP contribution in [0.5, 0.6) is 0 Å². The predicted molar refractivity (Wildman–Crippen MR) is 45.1 cm³/mol. The Kier molecular flexibility index (Phi) is 5.84. The van der Waals surface area contributed by atoms with Gasteiger partial charge in [0.15, 0.2) is 0 Å². The van der Waals surface area contributed by atoms with Crippen LogP contribution in [0.3, 0.4) is 0 Å². The Balaban J connectivity index is 2.91. The summed E-state index contributed by atoms with van der Waals surface area (Å²) in [7, 11) is 4.29. The molecular weight excluding hydrogens is 226 g/mol. The molecule has 38 valence electrons. The Labute approximate surface area is 55.1 Å². The molecule has 0 heterocycles. The monoisotopic (exact) mass is 234 g/mol. The number of rotatable bonds is 1. The Morgan fingerprint density at radius 3 is 2.33 bits per heavy atom. The van der Waals surface area contributed by atoms with Gasteiger partial charge in [-0.3, -0.25) is 0 Å². The molecule has 0 fully saturated rings. The first kappa shape index (κ1) is 7.51. The Bertz CT molecular complexity index is 82.5. The first-order valence-corrected chi connectivity index (χ1v) is 7.36. The number of hydrogen-bond acceptors (Lipinski definition) is 0. The summed E-state index contributed by atoms with van der Waals surface area (Å²) >= 11 is 2.37. The molecule has 0 aromatic carbocycles. The van der Waals surface area contributed by atoms with Crippen molar-refractivity contribution in [1.29, 1.82) is 0 Å². The van der Waals surface area contributed by atoms with Crippen LogP contribution in [0.2, 0.25) is 0 Å². The maximum absolute atomic E-state index is 4.23. The fourth-order valence-electron chi connectivity index (χ4n) is 0.185. The maximum atomic E-state index is 4.23. The van der Waals surface area contributed by atoms with Crippen LogP contribution in [0.4, 0.5) is 0 Å². The minimum absolute atomic E-state index is 0.0639. The molecule has 6 heavy (non-hydrogen) atoms. The van der Waals surface area contributed by atoms with Gasteiger partial charge in [0.05, 0.1) is 0 Å². The van der Waals surface area contributed by atoms with Gasteiger partial charge in [-0.05, 0) is 0 Å². The molecule has 0 saturated heterocycles. The fourth-order valence-corrected chi connectivity index (χ4v) is 2.60. The molecule has 0 N–H and O–H groups in total. The quantitative estimate of drug-likeness (QED) is 0.402. The van der Waals surface area contributed by atoms with Crippen LogP contribution >= 0.6 is 36.1 Å². The van der Waals surface area contributed by atoms with E-state index in [1.165, 1.54) is 12.2 Å². The molecule has 0 radical (unpaired) electrons. The second-order valence-electron chi connectivity index (χ2n) is 1.06. The van der Waals surface area contributed by atoms with E-state index in [4.69, 9.17) is 0 Å². The molecule has 0 amide bonds. The minimum atomic E-state index is 0.0639. The van der Waals surface area contributed by atoms with Gasteiger partial charge in [-0.25, -0.2) is 0 Å². The van der Waals surface area contributed by atoms with E-state index in [9.17, 15) is 0 Å². The van der Waals surface area contributed by atoms with Gasteiger partial charge < -0.3 is 0 Å². The molecule has 0 aliphatic rings. The third-order valence-corrected chi connectivity index (χ3v) is 3.27. The predicted octanol–water partition coefficient (Wildman–Crippen LogP) is 3.07. The summed E-state index contributed by atoms with van der Waals surface area (Å²) in [6.45, 7) is 2.18. The molecule has 0 aliphatic carbocycles. The summed E-state index contributed by atoms with van der Waals surface area (Å²) in [5.74, 6) is 1.29. The normalized spacial score (nSPS) is 14.2. The Hall–Kier alpha value is 1.51. The third-order valence-electron chi connectivity index (χ3n) is 0.408. The zero-order valence-electron chi connectivity index (χ0n) is 3.69. The molecule has 1 atom stereocenters. The van der Waals surface area contributed by atoms with Crippen LogP contribution < -0.4 is 0 Å². The van der Waals surface area contributed by atoms with Gasteiger partial charge >= 0.3 is 55.2 Å². The van der Waals surface area contributed by atoms with Gasteiger partial charge in [0.25, 0.3) is 0 Å². The van der Waals surface area contributed by atoms with Crippen molar-refractivity contribution in [2.75, 3.05) is 5.75 Å². The molecule has 1 unspecified atom stereocenters. The van der Waals surface area contributed by atoms with Crippen molar-refractivity contribution >= 4 is 36.1 Å². The van der Waals surface area contributed by atoms with E-state index < -0.39 is 0 Å². The van der Waals surface area contributed by atoms with E-state index >= 15 is 0 Å². The number of hydrogen-bond donors (Lipinski definition) is 1. The van der Waals surface area contributed by atoms with Crippen LogP contribution in [-0.4, -0.2) is 5.75 Å². The Morgan fingerprint density at radius 2 is 2.33 bits per heavy atom. The fraction of sp³-hybridized carbons (Fsp3) is 1.00. The van der Waals surface area contributed by atoms with E-state index in [0.29, 0.717) is 0 Å². The van der Waals surface area contributed by atoms with Gasteiger partial charge in [0, 0.05) is 0 Å². The molecule has 0 spiro atoms. The molecule has 0 aliphatic heterocycles. The average molecular weight is 234 g/mol. The molecule has 0 nitrogen and oxygen atoms in total. The first-order valence-electron chi connectivity index (χ1n) is 1.89. The third kappa shape index (κ3) is 5.51. The van der Waals surface area contributed by atoms with Crippen molar-refractivity contribution in [3.63, 3.8) is 0 Å². The summed E-state index contributed by atoms with van der Waals surface area (Å²) in [6, 6.07) is 0. The van der Waals surface area contributed by atoms with Gasteiger partial charge in [0.1, 0.15) is 0 Å². The second-order valence-corrected chi connectivity index (χ2v) is 9.41. The van der Waals surface area contributed by atoms with Gasteiger partial charge in [-0.2, -0.15) is 0 Å². The van der Waals surface area contributed by atoms with E-state index in [-0.39, 0.29) is 7.04 Å². The standard InChI is InChI=1S/C3H8IPS/c1-2-3-6(4)5/h6H,2-3H2,1H3. The molecule has 0 bridgehead atoms. The molecule has 0 saturated carbocycles. The topological polar surface area (TPSA) is 0 Å². The summed E-state index contributed by atoms with van der Waals surface area (Å²) in [5, 5.41) is 0. The van der Waals surface area contributed by atoms with Crippen molar-refractivity contribution in [2.24, 2.45) is 0 Å². The van der Waals surface area contributed by atoms with Crippen molar-refractivity contribution in [3.05, 3.63) is 0 Å². The van der Waals surface area contributed by atoms with Gasteiger partial charge in [-0.15, -0.1) is 0 Å². The van der Waals surface area contributed by atoms with Crippen LogP contribution in [0, 0.1) is 0 Å². The number of thiol groups is 1. The van der Waals surface area contributed by atoms with Crippen molar-refractivity contribution in [2.45, 2.75) is 13.3 Å². The van der Waals surface area contributed by atoms with E-state index in [2.05, 4.69) is 35.9 Å². The van der Waals surface area contributed by atoms with Gasteiger partial charge in [-0.1, -0.05) is 0 Å². The van der Waals surface area contributed by atoms with E-state index in [0.717, 1.165) is 0 Å². The SMILES string of the molecule is CCC[SH](#P)I. The van der Waals surface area contributed by atoms with Crippen molar-refractivity contribution in [3.8, 4) is 0 Å². The van der Waals surface area contributed by atoms with Gasteiger partial charge in [0.2, 0.25) is 0 Å². The second kappa shape index (κ2) is 4.66. The van der Waals surface area contributed by atoms with Crippen LogP contribution in [0.15, 0.2) is 0 Å². The zero-order valence-corrected chi connectivity index (χ0v) is 7.63. The summed E-state index contributed by atoms with van der Waals surface area (Å²) in [4.78, 5) is 0. The summed E-state index contributed by atoms with van der Waals surface area (Å²) in [6.07, 6.45) is 1.28. The number of halogens is 1. The Morgan fingerprint density at radius 1 is 1.83 bits per heavy atom. The summed E-state index contributed by atoms with van der Waals surface area (Å²) < 4.78 is 0. The molecule has 0 aromatic rings. The van der Waals surface area contributed by atoms with Crippen LogP contribution in [-0.2, 0) is 0 Å². The zero-order chi connectivity index (χ0) is 4.99. The van der Waals surface area contributed by atoms with Crippen molar-refractivity contribution < 1.29 is 0 Å². The van der Waals surface area contributed by atoms with E-state index in [1.807, 2.05) is 0 Å². The van der Waals surface area contributed by atoms with Crippen molar-refractivity contribution in [1.82, 2.24) is 0 Å². The van der Waals surface area contributed by atoms with Crippen LogP contribution in [0.1, 0.15) is 13.3 Å². The van der Waals surface area contributed by atoms with Crippen LogP contribution in [0.25, 0.3) is 0 Å². The molecular formula is C3H8IPS.